The van der Waals surface area contributed by atoms with E-state index in [1.165, 1.54) is 0 Å². The Labute approximate surface area is 118 Å². The molecular formula is C15H20O3S. The lowest BCUT2D eigenvalue weighted by Crippen LogP contribution is -2.34. The van der Waals surface area contributed by atoms with Crippen LogP contribution in [0.15, 0.2) is 29.2 Å². The number of benzene rings is 1. The SMILES string of the molecule is COC(C)(C)CCC(=O)C1CSc2ccccc2O1. The number of fused-ring (bicyclic) bond motifs is 1. The van der Waals surface area contributed by atoms with E-state index in [-0.39, 0.29) is 17.5 Å². The number of methoxy groups -OCH3 is 1. The number of para-hydroxylation sites is 1. The Kier molecular flexibility index (Phi) is 4.53. The summed E-state index contributed by atoms with van der Waals surface area (Å²) in [6.07, 6.45) is 0.885. The highest BCUT2D eigenvalue weighted by molar-refractivity contribution is 7.99. The normalized spacial score (nSPS) is 18.6. The molecule has 1 atom stereocenters. The van der Waals surface area contributed by atoms with Gasteiger partial charge < -0.3 is 9.47 Å². The zero-order chi connectivity index (χ0) is 13.9. The minimum atomic E-state index is -0.326. The second kappa shape index (κ2) is 5.97. The monoisotopic (exact) mass is 280 g/mol. The van der Waals surface area contributed by atoms with Crippen molar-refractivity contribution in [3.8, 4) is 5.75 Å². The van der Waals surface area contributed by atoms with E-state index in [1.807, 2.05) is 38.1 Å². The summed E-state index contributed by atoms with van der Waals surface area (Å²) in [7, 11) is 1.67. The molecule has 19 heavy (non-hydrogen) atoms. The number of carbonyl (C=O) groups excluding carboxylic acids is 1. The van der Waals surface area contributed by atoms with Crippen LogP contribution in [0.3, 0.4) is 0 Å². The highest BCUT2D eigenvalue weighted by Gasteiger charge is 2.28. The van der Waals surface area contributed by atoms with Crippen LogP contribution in [-0.4, -0.2) is 30.4 Å². The van der Waals surface area contributed by atoms with E-state index in [0.29, 0.717) is 18.6 Å². The second-order valence-corrected chi connectivity index (χ2v) is 6.36. The fourth-order valence-electron chi connectivity index (χ4n) is 1.87. The summed E-state index contributed by atoms with van der Waals surface area (Å²) in [5, 5.41) is 0. The van der Waals surface area contributed by atoms with Crippen molar-refractivity contribution in [2.24, 2.45) is 0 Å². The molecule has 1 aromatic rings. The number of thioether (sulfide) groups is 1. The molecule has 0 saturated carbocycles. The lowest BCUT2D eigenvalue weighted by molar-refractivity contribution is -0.126. The van der Waals surface area contributed by atoms with Gasteiger partial charge in [-0.05, 0) is 32.4 Å². The van der Waals surface area contributed by atoms with Crippen LogP contribution in [0.25, 0.3) is 0 Å². The van der Waals surface area contributed by atoms with E-state index in [1.54, 1.807) is 18.9 Å². The molecule has 104 valence electrons. The molecule has 0 aliphatic carbocycles. The van der Waals surface area contributed by atoms with Gasteiger partial charge in [0.1, 0.15) is 5.75 Å². The van der Waals surface area contributed by atoms with Gasteiger partial charge in [-0.25, -0.2) is 0 Å². The number of carbonyl (C=O) groups is 1. The second-order valence-electron chi connectivity index (χ2n) is 5.29. The highest BCUT2D eigenvalue weighted by Crippen LogP contribution is 2.35. The van der Waals surface area contributed by atoms with Gasteiger partial charge in [0, 0.05) is 24.2 Å². The molecule has 2 rings (SSSR count). The fourth-order valence-corrected chi connectivity index (χ4v) is 2.88. The van der Waals surface area contributed by atoms with Gasteiger partial charge in [-0.15, -0.1) is 11.8 Å². The highest BCUT2D eigenvalue weighted by atomic mass is 32.2. The molecule has 0 bridgehead atoms. The smallest absolute Gasteiger partial charge is 0.174 e. The first-order valence-electron chi connectivity index (χ1n) is 6.48. The third kappa shape index (κ3) is 3.74. The fraction of sp³-hybridized carbons (Fsp3) is 0.533. The minimum absolute atomic E-state index is 0.159. The molecule has 0 saturated heterocycles. The van der Waals surface area contributed by atoms with Crippen molar-refractivity contribution in [3.63, 3.8) is 0 Å². The molecule has 1 aliphatic rings. The topological polar surface area (TPSA) is 35.5 Å². The van der Waals surface area contributed by atoms with Gasteiger partial charge in [-0.2, -0.15) is 0 Å². The molecule has 4 heteroatoms. The van der Waals surface area contributed by atoms with Crippen LogP contribution < -0.4 is 4.74 Å². The number of rotatable bonds is 5. The number of hydrogen-bond acceptors (Lipinski definition) is 4. The molecule has 3 nitrogen and oxygen atoms in total. The number of ether oxygens (including phenoxy) is 2. The molecular weight excluding hydrogens is 260 g/mol. The van der Waals surface area contributed by atoms with E-state index >= 15 is 0 Å². The average Bonchev–Trinajstić information content (AvgIpc) is 2.44. The zero-order valence-electron chi connectivity index (χ0n) is 11.6. The van der Waals surface area contributed by atoms with Gasteiger partial charge in [0.05, 0.1) is 5.60 Å². The largest absolute Gasteiger partial charge is 0.481 e. The summed E-state index contributed by atoms with van der Waals surface area (Å²) in [5.41, 5.74) is -0.255. The number of ketones is 1. The molecule has 0 amide bonds. The van der Waals surface area contributed by atoms with Crippen LogP contribution in [0, 0.1) is 0 Å². The molecule has 1 aliphatic heterocycles. The van der Waals surface area contributed by atoms with Crippen LogP contribution in [0.5, 0.6) is 5.75 Å². The molecule has 0 aromatic heterocycles. The Morgan fingerprint density at radius 1 is 1.47 bits per heavy atom. The van der Waals surface area contributed by atoms with Crippen LogP contribution >= 0.6 is 11.8 Å². The van der Waals surface area contributed by atoms with E-state index in [9.17, 15) is 4.79 Å². The Hall–Kier alpha value is -1.00. The zero-order valence-corrected chi connectivity index (χ0v) is 12.5. The van der Waals surface area contributed by atoms with Gasteiger partial charge in [0.25, 0.3) is 0 Å². The standard InChI is InChI=1S/C15H20O3S/c1-15(2,17-3)9-8-11(16)13-10-19-14-7-5-4-6-12(14)18-13/h4-7,13H,8-10H2,1-3H3. The van der Waals surface area contributed by atoms with Crippen LogP contribution in [0.1, 0.15) is 26.7 Å². The molecule has 0 N–H and O–H groups in total. The van der Waals surface area contributed by atoms with Gasteiger partial charge in [0.15, 0.2) is 11.9 Å². The lowest BCUT2D eigenvalue weighted by Gasteiger charge is -2.26. The van der Waals surface area contributed by atoms with E-state index in [2.05, 4.69) is 0 Å². The van der Waals surface area contributed by atoms with Gasteiger partial charge in [-0.3, -0.25) is 4.79 Å². The summed E-state index contributed by atoms with van der Waals surface area (Å²) >= 11 is 1.69. The predicted molar refractivity (Wildman–Crippen MR) is 76.9 cm³/mol. The van der Waals surface area contributed by atoms with Crippen LogP contribution in [0.4, 0.5) is 0 Å². The van der Waals surface area contributed by atoms with Crippen molar-refractivity contribution >= 4 is 17.5 Å². The predicted octanol–water partition coefficient (Wildman–Crippen LogP) is 3.31. The molecule has 1 aromatic carbocycles. The Bertz CT molecular complexity index is 456. The third-order valence-electron chi connectivity index (χ3n) is 3.39. The van der Waals surface area contributed by atoms with Crippen molar-refractivity contribution in [1.82, 2.24) is 0 Å². The van der Waals surface area contributed by atoms with Crippen molar-refractivity contribution in [2.75, 3.05) is 12.9 Å². The van der Waals surface area contributed by atoms with Crippen molar-refractivity contribution in [3.05, 3.63) is 24.3 Å². The van der Waals surface area contributed by atoms with E-state index in [0.717, 1.165) is 10.6 Å². The summed E-state index contributed by atoms with van der Waals surface area (Å²) in [6, 6.07) is 7.86. The molecule has 1 heterocycles. The third-order valence-corrected chi connectivity index (χ3v) is 4.51. The minimum Gasteiger partial charge on any atom is -0.481 e. The Balaban J connectivity index is 1.92. The van der Waals surface area contributed by atoms with Gasteiger partial charge in [-0.1, -0.05) is 12.1 Å². The number of Topliss-reactive ketones (excluding diaryl/α,β-unsaturated/α-hetero) is 1. The van der Waals surface area contributed by atoms with Gasteiger partial charge in [0.2, 0.25) is 0 Å². The van der Waals surface area contributed by atoms with E-state index in [4.69, 9.17) is 9.47 Å². The first-order chi connectivity index (χ1) is 9.02. The van der Waals surface area contributed by atoms with Crippen LogP contribution in [0.2, 0.25) is 0 Å². The molecule has 0 spiro atoms. The number of hydrogen-bond donors (Lipinski definition) is 0. The molecule has 0 fully saturated rings. The summed E-state index contributed by atoms with van der Waals surface area (Å²) < 4.78 is 11.1. The van der Waals surface area contributed by atoms with Crippen LogP contribution in [-0.2, 0) is 9.53 Å². The Morgan fingerprint density at radius 2 is 2.21 bits per heavy atom. The quantitative estimate of drug-likeness (QED) is 0.829. The maximum absolute atomic E-state index is 12.2. The first kappa shape index (κ1) is 14.4. The first-order valence-corrected chi connectivity index (χ1v) is 7.47. The molecule has 0 radical (unpaired) electrons. The maximum Gasteiger partial charge on any atom is 0.174 e. The maximum atomic E-state index is 12.2. The van der Waals surface area contributed by atoms with Crippen molar-refractivity contribution < 1.29 is 14.3 Å². The lowest BCUT2D eigenvalue weighted by atomic mass is 9.99. The van der Waals surface area contributed by atoms with Crippen molar-refractivity contribution in [1.29, 1.82) is 0 Å². The van der Waals surface area contributed by atoms with Gasteiger partial charge >= 0.3 is 0 Å². The Morgan fingerprint density at radius 3 is 2.95 bits per heavy atom. The summed E-state index contributed by atoms with van der Waals surface area (Å²) in [4.78, 5) is 13.3. The van der Waals surface area contributed by atoms with Crippen molar-refractivity contribution in [2.45, 2.75) is 43.3 Å². The summed E-state index contributed by atoms with van der Waals surface area (Å²) in [6.45, 7) is 3.98. The summed E-state index contributed by atoms with van der Waals surface area (Å²) in [5.74, 6) is 1.68. The average molecular weight is 280 g/mol. The van der Waals surface area contributed by atoms with E-state index < -0.39 is 0 Å². The molecule has 1 unspecified atom stereocenters.